The fourth-order valence-corrected chi connectivity index (χ4v) is 2.07. The van der Waals surface area contributed by atoms with Crippen LogP contribution in [0.4, 0.5) is 0 Å². The molecule has 5 nitrogen and oxygen atoms in total. The monoisotopic (exact) mass is 282 g/mol. The van der Waals surface area contributed by atoms with Crippen LogP contribution < -0.4 is 9.64 Å². The van der Waals surface area contributed by atoms with Gasteiger partial charge in [0, 0.05) is 12.0 Å². The third-order valence-electron chi connectivity index (χ3n) is 3.10. The van der Waals surface area contributed by atoms with E-state index in [-0.39, 0.29) is 5.88 Å². The summed E-state index contributed by atoms with van der Waals surface area (Å²) in [5.74, 6) is 0.215. The van der Waals surface area contributed by atoms with Gasteiger partial charge < -0.3 is 9.94 Å². The molecule has 0 aliphatic carbocycles. The van der Waals surface area contributed by atoms with E-state index in [4.69, 9.17) is 4.74 Å². The van der Waals surface area contributed by atoms with E-state index in [0.717, 1.165) is 12.0 Å². The zero-order chi connectivity index (χ0) is 14.5. The van der Waals surface area contributed by atoms with Gasteiger partial charge in [0.2, 0.25) is 0 Å². The maximum absolute atomic E-state index is 11.7. The molecule has 5 heteroatoms. The Hall–Kier alpha value is -2.82. The third kappa shape index (κ3) is 3.02. The van der Waals surface area contributed by atoms with Crippen LogP contribution in [0.2, 0.25) is 0 Å². The summed E-state index contributed by atoms with van der Waals surface area (Å²) >= 11 is 0. The van der Waals surface area contributed by atoms with Crippen molar-refractivity contribution in [3.05, 3.63) is 71.4 Å². The minimum atomic E-state index is 0.215. The second-order valence-electron chi connectivity index (χ2n) is 4.53. The van der Waals surface area contributed by atoms with Crippen LogP contribution in [0.1, 0.15) is 5.56 Å². The Morgan fingerprint density at radius 2 is 1.67 bits per heavy atom. The van der Waals surface area contributed by atoms with E-state index in [9.17, 15) is 5.21 Å². The average molecular weight is 282 g/mol. The molecule has 0 saturated carbocycles. The number of benzene rings is 2. The maximum atomic E-state index is 11.7. The van der Waals surface area contributed by atoms with Gasteiger partial charge in [-0.1, -0.05) is 60.7 Å². The Balaban J connectivity index is 1.72. The molecule has 0 amide bonds. The molecule has 0 aliphatic heterocycles. The van der Waals surface area contributed by atoms with Crippen LogP contribution in [0.15, 0.2) is 65.3 Å². The Bertz CT molecular complexity index is 696. The topological polar surface area (TPSA) is 62.2 Å². The molecule has 0 N–H and O–H groups in total. The highest BCUT2D eigenvalue weighted by Gasteiger charge is 2.22. The van der Waals surface area contributed by atoms with E-state index < -0.39 is 0 Å². The first-order valence-corrected chi connectivity index (χ1v) is 6.66. The standard InChI is InChI=1S/C16H14N2O3/c19-18-15(14-9-5-2-6-10-14)16(17-21-18)20-12-11-13-7-3-1-4-8-13/h1-10H,11-12H2. The van der Waals surface area contributed by atoms with Gasteiger partial charge >= 0.3 is 5.88 Å². The SMILES string of the molecule is [O-][n+]1onc(OCCc2ccccc2)c1-c1ccccc1. The van der Waals surface area contributed by atoms with Gasteiger partial charge in [-0.2, -0.15) is 0 Å². The van der Waals surface area contributed by atoms with Crippen LogP contribution in [0.25, 0.3) is 11.3 Å². The lowest BCUT2D eigenvalue weighted by Crippen LogP contribution is -2.25. The summed E-state index contributed by atoms with van der Waals surface area (Å²) in [6.07, 6.45) is 0.737. The molecule has 0 aliphatic rings. The molecule has 0 saturated heterocycles. The van der Waals surface area contributed by atoms with Crippen molar-refractivity contribution in [2.24, 2.45) is 0 Å². The van der Waals surface area contributed by atoms with Crippen molar-refractivity contribution in [3.63, 3.8) is 0 Å². The lowest BCUT2D eigenvalue weighted by molar-refractivity contribution is -0.793. The normalized spacial score (nSPS) is 10.5. The molecule has 2 aromatic carbocycles. The highest BCUT2D eigenvalue weighted by molar-refractivity contribution is 5.60. The highest BCUT2D eigenvalue weighted by Crippen LogP contribution is 2.24. The van der Waals surface area contributed by atoms with Gasteiger partial charge in [-0.25, -0.2) is 0 Å². The van der Waals surface area contributed by atoms with E-state index in [2.05, 4.69) is 9.79 Å². The smallest absolute Gasteiger partial charge is 0.402 e. The molecule has 0 atom stereocenters. The first-order valence-electron chi connectivity index (χ1n) is 6.66. The number of hydrogen-bond acceptors (Lipinski definition) is 4. The number of hydrogen-bond donors (Lipinski definition) is 0. The lowest BCUT2D eigenvalue weighted by Gasteiger charge is -2.02. The number of nitrogens with zero attached hydrogens (tertiary/aromatic N) is 2. The molecule has 21 heavy (non-hydrogen) atoms. The number of rotatable bonds is 5. The van der Waals surface area contributed by atoms with Gasteiger partial charge in [0.05, 0.1) is 11.8 Å². The summed E-state index contributed by atoms with van der Waals surface area (Å²) in [6, 6.07) is 19.2. The molecule has 0 radical (unpaired) electrons. The van der Waals surface area contributed by atoms with Gasteiger partial charge in [-0.3, -0.25) is 4.63 Å². The van der Waals surface area contributed by atoms with Crippen LogP contribution in [-0.4, -0.2) is 11.8 Å². The van der Waals surface area contributed by atoms with Crippen LogP contribution in [0.5, 0.6) is 5.88 Å². The molecule has 3 aromatic rings. The predicted octanol–water partition coefficient (Wildman–Crippen LogP) is 2.60. The molecule has 1 aromatic heterocycles. The van der Waals surface area contributed by atoms with Crippen LogP contribution >= 0.6 is 0 Å². The van der Waals surface area contributed by atoms with Crippen molar-refractivity contribution in [1.82, 2.24) is 5.16 Å². The van der Waals surface area contributed by atoms with Crippen molar-refractivity contribution in [1.29, 1.82) is 0 Å². The second kappa shape index (κ2) is 6.09. The van der Waals surface area contributed by atoms with Crippen molar-refractivity contribution in [2.45, 2.75) is 6.42 Å². The van der Waals surface area contributed by atoms with Crippen molar-refractivity contribution >= 4 is 0 Å². The zero-order valence-corrected chi connectivity index (χ0v) is 11.3. The fraction of sp³-hybridized carbons (Fsp3) is 0.125. The molecular formula is C16H14N2O3. The predicted molar refractivity (Wildman–Crippen MR) is 76.5 cm³/mol. The third-order valence-corrected chi connectivity index (χ3v) is 3.10. The summed E-state index contributed by atoms with van der Waals surface area (Å²) in [5.41, 5.74) is 2.17. The van der Waals surface area contributed by atoms with Crippen molar-refractivity contribution in [2.75, 3.05) is 6.61 Å². The fourth-order valence-electron chi connectivity index (χ4n) is 2.07. The molecule has 106 valence electrons. The van der Waals surface area contributed by atoms with Gasteiger partial charge in [0.1, 0.15) is 0 Å². The Labute approximate surface area is 121 Å². The van der Waals surface area contributed by atoms with E-state index in [0.29, 0.717) is 22.8 Å². The van der Waals surface area contributed by atoms with Crippen LogP contribution in [0.3, 0.4) is 0 Å². The second-order valence-corrected chi connectivity index (χ2v) is 4.53. The van der Waals surface area contributed by atoms with Gasteiger partial charge in [-0.05, 0) is 10.5 Å². The summed E-state index contributed by atoms with van der Waals surface area (Å²) in [7, 11) is 0. The summed E-state index contributed by atoms with van der Waals surface area (Å²) in [6.45, 7) is 0.427. The summed E-state index contributed by atoms with van der Waals surface area (Å²) in [4.78, 5) is 0.368. The van der Waals surface area contributed by atoms with E-state index in [1.54, 1.807) is 0 Å². The number of aromatic nitrogens is 2. The lowest BCUT2D eigenvalue weighted by atomic mass is 10.1. The average Bonchev–Trinajstić information content (AvgIpc) is 2.90. The Morgan fingerprint density at radius 1 is 1.00 bits per heavy atom. The van der Waals surface area contributed by atoms with E-state index in [1.807, 2.05) is 60.7 Å². The summed E-state index contributed by atoms with van der Waals surface area (Å²) in [5, 5.41) is 15.4. The molecule has 0 bridgehead atoms. The largest absolute Gasteiger partial charge is 0.455 e. The van der Waals surface area contributed by atoms with Crippen molar-refractivity contribution < 1.29 is 14.3 Å². The molecular weight excluding hydrogens is 268 g/mol. The highest BCUT2D eigenvalue weighted by atomic mass is 16.8. The Kier molecular flexibility index (Phi) is 3.82. The maximum Gasteiger partial charge on any atom is 0.402 e. The molecule has 1 heterocycles. The summed E-state index contributed by atoms with van der Waals surface area (Å²) < 4.78 is 10.2. The Morgan fingerprint density at radius 3 is 2.38 bits per heavy atom. The van der Waals surface area contributed by atoms with Crippen LogP contribution in [-0.2, 0) is 6.42 Å². The minimum Gasteiger partial charge on any atom is -0.455 e. The van der Waals surface area contributed by atoms with Gasteiger partial charge in [-0.15, -0.1) is 0 Å². The molecule has 0 unspecified atom stereocenters. The molecule has 0 spiro atoms. The molecule has 3 rings (SSSR count). The molecule has 0 fully saturated rings. The van der Waals surface area contributed by atoms with Crippen molar-refractivity contribution in [3.8, 4) is 17.1 Å². The quantitative estimate of drug-likeness (QED) is 0.675. The zero-order valence-electron chi connectivity index (χ0n) is 11.3. The van der Waals surface area contributed by atoms with Crippen LogP contribution in [0, 0.1) is 5.21 Å². The number of ether oxygens (including phenoxy) is 1. The van der Waals surface area contributed by atoms with E-state index >= 15 is 0 Å². The van der Waals surface area contributed by atoms with Gasteiger partial charge in [0.15, 0.2) is 0 Å². The first-order chi connectivity index (χ1) is 10.3. The minimum absolute atomic E-state index is 0.215. The van der Waals surface area contributed by atoms with Gasteiger partial charge in [0.25, 0.3) is 5.69 Å². The first kappa shape index (κ1) is 13.2. The van der Waals surface area contributed by atoms with E-state index in [1.165, 1.54) is 0 Å².